The van der Waals surface area contributed by atoms with E-state index in [0.29, 0.717) is 0 Å². The zero-order valence-corrected chi connectivity index (χ0v) is 12.9. The first-order valence-electron chi connectivity index (χ1n) is 6.30. The van der Waals surface area contributed by atoms with Crippen LogP contribution in [-0.4, -0.2) is 5.91 Å². The van der Waals surface area contributed by atoms with Crippen molar-refractivity contribution in [3.8, 4) is 0 Å². The van der Waals surface area contributed by atoms with Crippen LogP contribution in [0.1, 0.15) is 34.5 Å². The number of benzene rings is 2. The van der Waals surface area contributed by atoms with Gasteiger partial charge >= 0.3 is 0 Å². The van der Waals surface area contributed by atoms with Crippen molar-refractivity contribution < 1.29 is 9.18 Å². The van der Waals surface area contributed by atoms with E-state index in [2.05, 4.69) is 21.2 Å². The van der Waals surface area contributed by atoms with E-state index in [9.17, 15) is 9.18 Å². The number of carbonyl (C=O) groups is 1. The number of aryl methyl sites for hydroxylation is 1. The van der Waals surface area contributed by atoms with E-state index in [1.807, 2.05) is 38.1 Å². The third-order valence-electron chi connectivity index (χ3n) is 3.08. The zero-order chi connectivity index (χ0) is 14.7. The van der Waals surface area contributed by atoms with Crippen LogP contribution in [0.3, 0.4) is 0 Å². The van der Waals surface area contributed by atoms with Crippen molar-refractivity contribution in [3.05, 3.63) is 69.4 Å². The molecule has 2 aromatic carbocycles. The molecule has 1 N–H and O–H groups in total. The van der Waals surface area contributed by atoms with E-state index in [0.717, 1.165) is 15.6 Å². The van der Waals surface area contributed by atoms with Crippen molar-refractivity contribution in [1.29, 1.82) is 0 Å². The predicted octanol–water partition coefficient (Wildman–Crippen LogP) is 4.39. The van der Waals surface area contributed by atoms with Crippen LogP contribution in [0.5, 0.6) is 0 Å². The number of nitrogens with one attached hydrogen (secondary N) is 1. The number of amides is 1. The fourth-order valence-electron chi connectivity index (χ4n) is 1.92. The Balaban J connectivity index is 2.15. The molecule has 0 aromatic heterocycles. The molecule has 2 nitrogen and oxygen atoms in total. The summed E-state index contributed by atoms with van der Waals surface area (Å²) in [6.45, 7) is 3.70. The van der Waals surface area contributed by atoms with Crippen molar-refractivity contribution in [3.63, 3.8) is 0 Å². The molecule has 0 saturated carbocycles. The molecule has 1 amide bonds. The second-order valence-corrected chi connectivity index (χ2v) is 5.65. The van der Waals surface area contributed by atoms with Gasteiger partial charge in [-0.25, -0.2) is 4.39 Å². The normalized spacial score (nSPS) is 12.0. The van der Waals surface area contributed by atoms with Crippen molar-refractivity contribution in [2.24, 2.45) is 0 Å². The van der Waals surface area contributed by atoms with E-state index in [1.54, 1.807) is 12.1 Å². The van der Waals surface area contributed by atoms with Gasteiger partial charge in [0.05, 0.1) is 11.6 Å². The lowest BCUT2D eigenvalue weighted by molar-refractivity contribution is 0.0935. The van der Waals surface area contributed by atoms with Crippen LogP contribution >= 0.6 is 15.9 Å². The molecule has 2 rings (SSSR count). The number of hydrogen-bond acceptors (Lipinski definition) is 1. The fraction of sp³-hybridized carbons (Fsp3) is 0.188. The molecular formula is C16H15BrFNO. The minimum atomic E-state index is -0.504. The lowest BCUT2D eigenvalue weighted by atomic mass is 10.1. The van der Waals surface area contributed by atoms with E-state index < -0.39 is 11.7 Å². The molecule has 104 valence electrons. The van der Waals surface area contributed by atoms with E-state index in [-0.39, 0.29) is 11.6 Å². The molecule has 0 spiro atoms. The Morgan fingerprint density at radius 1 is 1.20 bits per heavy atom. The van der Waals surface area contributed by atoms with E-state index in [1.165, 1.54) is 6.07 Å². The summed E-state index contributed by atoms with van der Waals surface area (Å²) in [5, 5.41) is 2.81. The van der Waals surface area contributed by atoms with Crippen LogP contribution in [0.2, 0.25) is 0 Å². The standard InChI is InChI=1S/C16H15BrFNO/c1-10-3-8-15(18)14(9-10)16(20)19-11(2)12-4-6-13(17)7-5-12/h3-9,11H,1-2H3,(H,19,20)/t11-/m0/s1. The lowest BCUT2D eigenvalue weighted by Gasteiger charge is -2.15. The Kier molecular flexibility index (Phi) is 4.55. The Hall–Kier alpha value is -1.68. The summed E-state index contributed by atoms with van der Waals surface area (Å²) in [4.78, 5) is 12.1. The van der Waals surface area contributed by atoms with Gasteiger partial charge in [0.1, 0.15) is 5.82 Å². The molecule has 0 unspecified atom stereocenters. The molecule has 0 fully saturated rings. The van der Waals surface area contributed by atoms with Crippen molar-refractivity contribution in [1.82, 2.24) is 5.32 Å². The lowest BCUT2D eigenvalue weighted by Crippen LogP contribution is -2.27. The molecule has 0 heterocycles. The van der Waals surface area contributed by atoms with Gasteiger partial charge in [-0.05, 0) is 43.7 Å². The SMILES string of the molecule is Cc1ccc(F)c(C(=O)N[C@@H](C)c2ccc(Br)cc2)c1. The van der Waals surface area contributed by atoms with Crippen LogP contribution in [0.25, 0.3) is 0 Å². The molecule has 0 aliphatic heterocycles. The van der Waals surface area contributed by atoms with Gasteiger partial charge in [-0.15, -0.1) is 0 Å². The highest BCUT2D eigenvalue weighted by molar-refractivity contribution is 9.10. The minimum absolute atomic E-state index is 0.0777. The van der Waals surface area contributed by atoms with Crippen LogP contribution < -0.4 is 5.32 Å². The summed E-state index contributed by atoms with van der Waals surface area (Å²) in [5.41, 5.74) is 1.90. The van der Waals surface area contributed by atoms with Crippen LogP contribution in [0.4, 0.5) is 4.39 Å². The van der Waals surface area contributed by atoms with Gasteiger partial charge < -0.3 is 5.32 Å². The third kappa shape index (κ3) is 3.45. The summed E-state index contributed by atoms with van der Waals surface area (Å²) in [6, 6.07) is 12.0. The number of halogens is 2. The van der Waals surface area contributed by atoms with Crippen molar-refractivity contribution >= 4 is 21.8 Å². The average molecular weight is 336 g/mol. The Bertz CT molecular complexity index is 625. The fourth-order valence-corrected chi connectivity index (χ4v) is 2.19. The summed E-state index contributed by atoms with van der Waals surface area (Å²) in [6.07, 6.45) is 0. The average Bonchev–Trinajstić information content (AvgIpc) is 2.42. The van der Waals surface area contributed by atoms with Gasteiger partial charge in [0, 0.05) is 4.47 Å². The summed E-state index contributed by atoms with van der Waals surface area (Å²) >= 11 is 3.36. The molecule has 0 aliphatic carbocycles. The van der Waals surface area contributed by atoms with E-state index in [4.69, 9.17) is 0 Å². The highest BCUT2D eigenvalue weighted by Gasteiger charge is 2.15. The van der Waals surface area contributed by atoms with Gasteiger partial charge in [0.2, 0.25) is 0 Å². The Morgan fingerprint density at radius 2 is 1.85 bits per heavy atom. The highest BCUT2D eigenvalue weighted by atomic mass is 79.9. The summed E-state index contributed by atoms with van der Waals surface area (Å²) in [5.74, 6) is -0.905. The Morgan fingerprint density at radius 3 is 2.50 bits per heavy atom. The number of hydrogen-bond donors (Lipinski definition) is 1. The Labute approximate surface area is 126 Å². The topological polar surface area (TPSA) is 29.1 Å². The molecule has 20 heavy (non-hydrogen) atoms. The summed E-state index contributed by atoms with van der Waals surface area (Å²) in [7, 11) is 0. The first kappa shape index (κ1) is 14.7. The second kappa shape index (κ2) is 6.18. The van der Waals surface area contributed by atoms with Crippen LogP contribution in [0.15, 0.2) is 46.9 Å². The molecule has 0 radical (unpaired) electrons. The van der Waals surface area contributed by atoms with Gasteiger partial charge in [-0.3, -0.25) is 4.79 Å². The van der Waals surface area contributed by atoms with Crippen molar-refractivity contribution in [2.45, 2.75) is 19.9 Å². The molecule has 0 saturated heterocycles. The first-order chi connectivity index (χ1) is 9.47. The zero-order valence-electron chi connectivity index (χ0n) is 11.3. The highest BCUT2D eigenvalue weighted by Crippen LogP contribution is 2.18. The molecule has 2 aromatic rings. The van der Waals surface area contributed by atoms with Gasteiger partial charge in [0.25, 0.3) is 5.91 Å². The molecule has 0 aliphatic rings. The number of rotatable bonds is 3. The molecule has 0 bridgehead atoms. The smallest absolute Gasteiger partial charge is 0.254 e. The monoisotopic (exact) mass is 335 g/mol. The third-order valence-corrected chi connectivity index (χ3v) is 3.61. The van der Waals surface area contributed by atoms with Crippen LogP contribution in [0, 0.1) is 12.7 Å². The predicted molar refractivity (Wildman–Crippen MR) is 81.2 cm³/mol. The second-order valence-electron chi connectivity index (χ2n) is 4.73. The molecule has 4 heteroatoms. The van der Waals surface area contributed by atoms with Gasteiger partial charge in [-0.1, -0.05) is 39.7 Å². The minimum Gasteiger partial charge on any atom is -0.345 e. The number of carbonyl (C=O) groups excluding carboxylic acids is 1. The quantitative estimate of drug-likeness (QED) is 0.885. The summed E-state index contributed by atoms with van der Waals surface area (Å²) < 4.78 is 14.6. The van der Waals surface area contributed by atoms with E-state index >= 15 is 0 Å². The molecule has 1 atom stereocenters. The van der Waals surface area contributed by atoms with Gasteiger partial charge in [-0.2, -0.15) is 0 Å². The first-order valence-corrected chi connectivity index (χ1v) is 7.09. The van der Waals surface area contributed by atoms with Crippen LogP contribution in [-0.2, 0) is 0 Å². The maximum absolute atomic E-state index is 13.7. The largest absolute Gasteiger partial charge is 0.345 e. The maximum atomic E-state index is 13.7. The molecular weight excluding hydrogens is 321 g/mol. The van der Waals surface area contributed by atoms with Crippen molar-refractivity contribution in [2.75, 3.05) is 0 Å². The maximum Gasteiger partial charge on any atom is 0.254 e. The van der Waals surface area contributed by atoms with Gasteiger partial charge in [0.15, 0.2) is 0 Å².